The van der Waals surface area contributed by atoms with Crippen LogP contribution in [0.1, 0.15) is 11.1 Å². The molecule has 0 bridgehead atoms. The van der Waals surface area contributed by atoms with Gasteiger partial charge in [0.25, 0.3) is 10.0 Å². The van der Waals surface area contributed by atoms with Crippen LogP contribution < -0.4 is 10.0 Å². The minimum absolute atomic E-state index is 0.120. The molecule has 0 radical (unpaired) electrons. The van der Waals surface area contributed by atoms with Crippen LogP contribution in [-0.4, -0.2) is 19.3 Å². The molecule has 0 fully saturated rings. The number of anilines is 2. The Kier molecular flexibility index (Phi) is 5.52. The van der Waals surface area contributed by atoms with Crippen LogP contribution >= 0.6 is 11.3 Å². The third-order valence-electron chi connectivity index (χ3n) is 4.43. The summed E-state index contributed by atoms with van der Waals surface area (Å²) in [6.45, 7) is 1.90. The second-order valence-corrected chi connectivity index (χ2v) is 9.54. The van der Waals surface area contributed by atoms with Gasteiger partial charge in [-0.3, -0.25) is 9.52 Å². The van der Waals surface area contributed by atoms with E-state index < -0.39 is 10.0 Å². The van der Waals surface area contributed by atoms with Gasteiger partial charge in [0.1, 0.15) is 0 Å². The number of carbonyl (C=O) groups is 1. The number of carbonyl (C=O) groups excluding carboxylic acids is 1. The Bertz CT molecular complexity index is 1300. The molecule has 2 N–H and O–H groups in total. The Hall–Kier alpha value is -3.23. The molecule has 1 amide bonds. The van der Waals surface area contributed by atoms with E-state index in [4.69, 9.17) is 0 Å². The van der Waals surface area contributed by atoms with Gasteiger partial charge in [-0.1, -0.05) is 59.4 Å². The van der Waals surface area contributed by atoms with Crippen LogP contribution in [0.4, 0.5) is 10.8 Å². The van der Waals surface area contributed by atoms with Gasteiger partial charge in [-0.2, -0.15) is 0 Å². The van der Waals surface area contributed by atoms with Gasteiger partial charge in [0.05, 0.1) is 21.5 Å². The predicted octanol–water partition coefficient (Wildman–Crippen LogP) is 4.59. The molecule has 4 rings (SSSR count). The maximum Gasteiger partial charge on any atom is 0.263 e. The molecule has 0 saturated carbocycles. The number of aromatic nitrogens is 1. The molecule has 0 atom stereocenters. The molecular formula is C22H19N3O3S2. The molecule has 8 heteroatoms. The lowest BCUT2D eigenvalue weighted by molar-refractivity contribution is -0.115. The highest BCUT2D eigenvalue weighted by Gasteiger charge is 2.16. The summed E-state index contributed by atoms with van der Waals surface area (Å²) in [5.74, 6) is -0.120. The number of hydrogen-bond donors (Lipinski definition) is 2. The van der Waals surface area contributed by atoms with E-state index in [1.54, 1.807) is 42.5 Å². The van der Waals surface area contributed by atoms with Gasteiger partial charge in [0.2, 0.25) is 5.91 Å². The second-order valence-electron chi connectivity index (χ2n) is 6.83. The van der Waals surface area contributed by atoms with Crippen molar-refractivity contribution in [1.82, 2.24) is 4.98 Å². The highest BCUT2D eigenvalue weighted by Crippen LogP contribution is 2.30. The SMILES string of the molecule is Cc1ccc(S(=O)(=O)Nc2nc3ccc(NC(=O)Cc4ccccc4)cc3s2)cc1. The maximum absolute atomic E-state index is 12.6. The number of benzene rings is 3. The number of sulfonamides is 1. The number of fused-ring (bicyclic) bond motifs is 1. The summed E-state index contributed by atoms with van der Waals surface area (Å²) in [5.41, 5.74) is 3.21. The Morgan fingerprint density at radius 2 is 1.73 bits per heavy atom. The van der Waals surface area contributed by atoms with Crippen LogP contribution in [0.3, 0.4) is 0 Å². The van der Waals surface area contributed by atoms with Gasteiger partial charge in [0.15, 0.2) is 5.13 Å². The lowest BCUT2D eigenvalue weighted by Crippen LogP contribution is -2.14. The fourth-order valence-corrected chi connectivity index (χ4v) is 5.06. The Morgan fingerprint density at radius 1 is 1.00 bits per heavy atom. The second kappa shape index (κ2) is 8.25. The van der Waals surface area contributed by atoms with Crippen LogP contribution in [0.5, 0.6) is 0 Å². The van der Waals surface area contributed by atoms with Crippen molar-refractivity contribution in [3.63, 3.8) is 0 Å². The number of aryl methyl sites for hydroxylation is 1. The van der Waals surface area contributed by atoms with Crippen LogP contribution in [-0.2, 0) is 21.2 Å². The molecule has 6 nitrogen and oxygen atoms in total. The first-order chi connectivity index (χ1) is 14.4. The smallest absolute Gasteiger partial charge is 0.263 e. The summed E-state index contributed by atoms with van der Waals surface area (Å²) >= 11 is 1.21. The van der Waals surface area contributed by atoms with Crippen molar-refractivity contribution >= 4 is 48.3 Å². The van der Waals surface area contributed by atoms with E-state index in [2.05, 4.69) is 15.0 Å². The molecular weight excluding hydrogens is 418 g/mol. The van der Waals surface area contributed by atoms with Gasteiger partial charge in [-0.05, 0) is 42.8 Å². The van der Waals surface area contributed by atoms with Crippen molar-refractivity contribution in [3.05, 3.63) is 83.9 Å². The molecule has 0 unspecified atom stereocenters. The van der Waals surface area contributed by atoms with Crippen LogP contribution in [0, 0.1) is 6.92 Å². The van der Waals surface area contributed by atoms with E-state index >= 15 is 0 Å². The third kappa shape index (κ3) is 4.67. The zero-order valence-corrected chi connectivity index (χ0v) is 17.8. The molecule has 0 aliphatic carbocycles. The summed E-state index contributed by atoms with van der Waals surface area (Å²) < 4.78 is 28.4. The topological polar surface area (TPSA) is 88.2 Å². The molecule has 152 valence electrons. The van der Waals surface area contributed by atoms with Crippen molar-refractivity contribution in [2.45, 2.75) is 18.2 Å². The maximum atomic E-state index is 12.6. The monoisotopic (exact) mass is 437 g/mol. The number of rotatable bonds is 6. The first-order valence-electron chi connectivity index (χ1n) is 9.23. The quantitative estimate of drug-likeness (QED) is 0.462. The largest absolute Gasteiger partial charge is 0.326 e. The minimum atomic E-state index is -3.71. The van der Waals surface area contributed by atoms with E-state index in [1.165, 1.54) is 11.3 Å². The van der Waals surface area contributed by atoms with E-state index in [0.717, 1.165) is 15.8 Å². The first-order valence-corrected chi connectivity index (χ1v) is 11.5. The van der Waals surface area contributed by atoms with Crippen LogP contribution in [0.2, 0.25) is 0 Å². The van der Waals surface area contributed by atoms with Gasteiger partial charge in [-0.25, -0.2) is 13.4 Å². The summed E-state index contributed by atoms with van der Waals surface area (Å²) in [5, 5.41) is 3.15. The first kappa shape index (κ1) is 20.1. The fraction of sp³-hybridized carbons (Fsp3) is 0.0909. The summed E-state index contributed by atoms with van der Waals surface area (Å²) in [6, 6.07) is 21.4. The van der Waals surface area contributed by atoms with E-state index in [-0.39, 0.29) is 22.4 Å². The van der Waals surface area contributed by atoms with Crippen molar-refractivity contribution in [2.75, 3.05) is 10.0 Å². The lowest BCUT2D eigenvalue weighted by Gasteiger charge is -2.05. The van der Waals surface area contributed by atoms with Crippen LogP contribution in [0.25, 0.3) is 10.2 Å². The molecule has 1 heterocycles. The van der Waals surface area contributed by atoms with E-state index in [1.807, 2.05) is 37.3 Å². The number of nitrogens with zero attached hydrogens (tertiary/aromatic N) is 1. The minimum Gasteiger partial charge on any atom is -0.326 e. The van der Waals surface area contributed by atoms with Gasteiger partial charge >= 0.3 is 0 Å². The Labute approximate surface area is 178 Å². The zero-order chi connectivity index (χ0) is 21.1. The van der Waals surface area contributed by atoms with Crippen molar-refractivity contribution in [1.29, 1.82) is 0 Å². The van der Waals surface area contributed by atoms with Gasteiger partial charge < -0.3 is 5.32 Å². The molecule has 1 aromatic heterocycles. The molecule has 0 aliphatic rings. The summed E-state index contributed by atoms with van der Waals surface area (Å²) in [7, 11) is -3.71. The van der Waals surface area contributed by atoms with Gasteiger partial charge in [0, 0.05) is 5.69 Å². The molecule has 0 spiro atoms. The van der Waals surface area contributed by atoms with Crippen molar-refractivity contribution < 1.29 is 13.2 Å². The lowest BCUT2D eigenvalue weighted by atomic mass is 10.1. The summed E-state index contributed by atoms with van der Waals surface area (Å²) in [4.78, 5) is 16.8. The van der Waals surface area contributed by atoms with E-state index in [0.29, 0.717) is 11.2 Å². The Morgan fingerprint density at radius 3 is 2.47 bits per heavy atom. The number of thiazole rings is 1. The standard InChI is InChI=1S/C22H19N3O3S2/c1-15-7-10-18(11-8-15)30(27,28)25-22-24-19-12-9-17(14-20(19)29-22)23-21(26)13-16-5-3-2-4-6-16/h2-12,14H,13H2,1H3,(H,23,26)(H,24,25). The normalized spacial score (nSPS) is 11.4. The van der Waals surface area contributed by atoms with Gasteiger partial charge in [-0.15, -0.1) is 0 Å². The number of amides is 1. The molecule has 30 heavy (non-hydrogen) atoms. The molecule has 0 aliphatic heterocycles. The van der Waals surface area contributed by atoms with Crippen molar-refractivity contribution in [3.8, 4) is 0 Å². The Balaban J connectivity index is 1.49. The fourth-order valence-electron chi connectivity index (χ4n) is 2.92. The predicted molar refractivity (Wildman–Crippen MR) is 120 cm³/mol. The van der Waals surface area contributed by atoms with E-state index in [9.17, 15) is 13.2 Å². The third-order valence-corrected chi connectivity index (χ3v) is 6.85. The number of nitrogens with one attached hydrogen (secondary N) is 2. The zero-order valence-electron chi connectivity index (χ0n) is 16.1. The van der Waals surface area contributed by atoms with Crippen LogP contribution in [0.15, 0.2) is 77.7 Å². The van der Waals surface area contributed by atoms with Crippen molar-refractivity contribution in [2.24, 2.45) is 0 Å². The average molecular weight is 438 g/mol. The molecule has 0 saturated heterocycles. The highest BCUT2D eigenvalue weighted by atomic mass is 32.2. The molecule has 4 aromatic rings. The number of hydrogen-bond acceptors (Lipinski definition) is 5. The highest BCUT2D eigenvalue weighted by molar-refractivity contribution is 7.93. The molecule has 3 aromatic carbocycles. The summed E-state index contributed by atoms with van der Waals surface area (Å²) in [6.07, 6.45) is 0.281. The average Bonchev–Trinajstić information content (AvgIpc) is 3.09.